The smallest absolute Gasteiger partial charge is 0.300 e. The van der Waals surface area contributed by atoms with Crippen molar-refractivity contribution in [3.8, 4) is 17.2 Å². The summed E-state index contributed by atoms with van der Waals surface area (Å²) in [4.78, 5) is 32.4. The standard InChI is InChI=1S/C31H24N2O6/c34-29(21-8-13-25-26(17-21)38-16-15-37-25)27-28(22-7-4-14-32-18-22)33(31(36)30(27)35)23-9-11-24(12-10-23)39-19-20-5-2-1-3-6-20/h1-14,17-18,28,34H,15-16,19H2/b29-27-. The Morgan fingerprint density at radius 2 is 1.69 bits per heavy atom. The number of anilines is 1. The van der Waals surface area contributed by atoms with Crippen LogP contribution in [0.3, 0.4) is 0 Å². The van der Waals surface area contributed by atoms with Gasteiger partial charge in [0.05, 0.1) is 11.6 Å². The number of ether oxygens (including phenoxy) is 3. The third kappa shape index (κ3) is 4.68. The number of aliphatic hydroxyl groups excluding tert-OH is 1. The molecule has 1 N–H and O–H groups in total. The number of Topliss-reactive ketones (excluding diaryl/α,β-unsaturated/α-hetero) is 1. The fourth-order valence-corrected chi connectivity index (χ4v) is 4.74. The first-order valence-corrected chi connectivity index (χ1v) is 12.5. The lowest BCUT2D eigenvalue weighted by molar-refractivity contribution is -0.132. The number of benzene rings is 3. The summed E-state index contributed by atoms with van der Waals surface area (Å²) >= 11 is 0. The molecule has 1 saturated heterocycles. The molecular formula is C31H24N2O6. The van der Waals surface area contributed by atoms with Crippen molar-refractivity contribution >= 4 is 23.1 Å². The van der Waals surface area contributed by atoms with Gasteiger partial charge in [-0.3, -0.25) is 19.5 Å². The zero-order valence-corrected chi connectivity index (χ0v) is 20.8. The molecule has 1 amide bonds. The number of aromatic nitrogens is 1. The van der Waals surface area contributed by atoms with Crippen molar-refractivity contribution in [3.63, 3.8) is 0 Å². The van der Waals surface area contributed by atoms with Crippen molar-refractivity contribution in [3.05, 3.63) is 120 Å². The Hall–Kier alpha value is -5.11. The fourth-order valence-electron chi connectivity index (χ4n) is 4.74. The van der Waals surface area contributed by atoms with Crippen molar-refractivity contribution in [2.24, 2.45) is 0 Å². The number of pyridine rings is 1. The molecule has 0 spiro atoms. The van der Waals surface area contributed by atoms with Crippen molar-refractivity contribution in [1.82, 2.24) is 4.98 Å². The highest BCUT2D eigenvalue weighted by atomic mass is 16.6. The number of carbonyl (C=O) groups excluding carboxylic acids is 2. The minimum absolute atomic E-state index is 0.0333. The summed E-state index contributed by atoms with van der Waals surface area (Å²) in [7, 11) is 0. The van der Waals surface area contributed by atoms with E-state index in [-0.39, 0.29) is 11.3 Å². The number of hydrogen-bond donors (Lipinski definition) is 1. The van der Waals surface area contributed by atoms with Gasteiger partial charge in [-0.05, 0) is 59.7 Å². The third-order valence-electron chi connectivity index (χ3n) is 6.62. The molecule has 8 nitrogen and oxygen atoms in total. The van der Waals surface area contributed by atoms with Gasteiger partial charge in [0.25, 0.3) is 11.7 Å². The highest BCUT2D eigenvalue weighted by Gasteiger charge is 2.47. The Morgan fingerprint density at radius 3 is 2.44 bits per heavy atom. The van der Waals surface area contributed by atoms with E-state index in [4.69, 9.17) is 14.2 Å². The summed E-state index contributed by atoms with van der Waals surface area (Å²) in [5.41, 5.74) is 2.41. The monoisotopic (exact) mass is 520 g/mol. The van der Waals surface area contributed by atoms with E-state index in [0.29, 0.717) is 53.9 Å². The topological polar surface area (TPSA) is 98.2 Å². The first kappa shape index (κ1) is 24.2. The Bertz CT molecular complexity index is 1550. The lowest BCUT2D eigenvalue weighted by Crippen LogP contribution is -2.29. The van der Waals surface area contributed by atoms with Gasteiger partial charge in [-0.25, -0.2) is 0 Å². The lowest BCUT2D eigenvalue weighted by atomic mass is 9.96. The maximum Gasteiger partial charge on any atom is 0.300 e. The van der Waals surface area contributed by atoms with Crippen molar-refractivity contribution in [2.75, 3.05) is 18.1 Å². The van der Waals surface area contributed by atoms with E-state index in [2.05, 4.69) is 4.98 Å². The average Bonchev–Trinajstić information content (AvgIpc) is 3.26. The number of amides is 1. The second kappa shape index (κ2) is 10.3. The van der Waals surface area contributed by atoms with Gasteiger partial charge in [0.15, 0.2) is 11.5 Å². The normalized spacial score (nSPS) is 17.7. The van der Waals surface area contributed by atoms with Crippen LogP contribution in [0.5, 0.6) is 17.2 Å². The number of fused-ring (bicyclic) bond motifs is 1. The molecule has 2 aliphatic rings. The molecule has 194 valence electrons. The predicted molar refractivity (Wildman–Crippen MR) is 144 cm³/mol. The molecule has 0 saturated carbocycles. The second-order valence-electron chi connectivity index (χ2n) is 9.08. The van der Waals surface area contributed by atoms with E-state index in [1.54, 1.807) is 67.0 Å². The summed E-state index contributed by atoms with van der Waals surface area (Å²) in [6.07, 6.45) is 3.19. The third-order valence-corrected chi connectivity index (χ3v) is 6.62. The van der Waals surface area contributed by atoms with Crippen LogP contribution in [0, 0.1) is 0 Å². The van der Waals surface area contributed by atoms with E-state index in [9.17, 15) is 14.7 Å². The maximum absolute atomic E-state index is 13.4. The molecule has 1 aromatic heterocycles. The van der Waals surface area contributed by atoms with E-state index in [0.717, 1.165) is 5.56 Å². The first-order chi connectivity index (χ1) is 19.1. The summed E-state index contributed by atoms with van der Waals surface area (Å²) in [5, 5.41) is 11.4. The number of hydrogen-bond acceptors (Lipinski definition) is 7. The Balaban J connectivity index is 1.36. The minimum Gasteiger partial charge on any atom is -0.507 e. The largest absolute Gasteiger partial charge is 0.507 e. The minimum atomic E-state index is -0.886. The van der Waals surface area contributed by atoms with Gasteiger partial charge in [0, 0.05) is 23.6 Å². The van der Waals surface area contributed by atoms with Gasteiger partial charge in [0.1, 0.15) is 31.3 Å². The molecule has 3 aromatic carbocycles. The predicted octanol–water partition coefficient (Wildman–Crippen LogP) is 5.06. The van der Waals surface area contributed by atoms with Gasteiger partial charge in [-0.15, -0.1) is 0 Å². The Kier molecular flexibility index (Phi) is 6.42. The first-order valence-electron chi connectivity index (χ1n) is 12.5. The number of nitrogens with zero attached hydrogens (tertiary/aromatic N) is 2. The number of aliphatic hydroxyl groups is 1. The van der Waals surface area contributed by atoms with E-state index >= 15 is 0 Å². The Morgan fingerprint density at radius 1 is 0.923 bits per heavy atom. The van der Waals surface area contributed by atoms with Crippen LogP contribution in [-0.2, 0) is 16.2 Å². The summed E-state index contributed by atoms with van der Waals surface area (Å²) in [6.45, 7) is 1.21. The maximum atomic E-state index is 13.4. The molecule has 1 atom stereocenters. The molecule has 39 heavy (non-hydrogen) atoms. The quantitative estimate of drug-likeness (QED) is 0.216. The summed E-state index contributed by atoms with van der Waals surface area (Å²) in [5.74, 6) is -0.209. The summed E-state index contributed by atoms with van der Waals surface area (Å²) in [6, 6.07) is 24.2. The van der Waals surface area contributed by atoms with Gasteiger partial charge in [-0.1, -0.05) is 36.4 Å². The van der Waals surface area contributed by atoms with Crippen LogP contribution < -0.4 is 19.1 Å². The molecule has 1 fully saturated rings. The SMILES string of the molecule is O=C1C(=O)N(c2ccc(OCc3ccccc3)cc2)C(c2cccnc2)/C1=C(/O)c1ccc2c(c1)OCCO2. The molecule has 1 unspecified atom stereocenters. The Labute approximate surface area is 224 Å². The van der Waals surface area contributed by atoms with Gasteiger partial charge < -0.3 is 19.3 Å². The van der Waals surface area contributed by atoms with Crippen LogP contribution in [0.1, 0.15) is 22.7 Å². The van der Waals surface area contributed by atoms with E-state index < -0.39 is 17.7 Å². The molecule has 4 aromatic rings. The van der Waals surface area contributed by atoms with Gasteiger partial charge >= 0.3 is 0 Å². The van der Waals surface area contributed by atoms with E-state index in [1.165, 1.54) is 4.90 Å². The molecule has 6 rings (SSSR count). The van der Waals surface area contributed by atoms with Crippen LogP contribution in [-0.4, -0.2) is 35.0 Å². The zero-order valence-electron chi connectivity index (χ0n) is 20.8. The highest BCUT2D eigenvalue weighted by Crippen LogP contribution is 2.43. The van der Waals surface area contributed by atoms with Crippen molar-refractivity contribution in [2.45, 2.75) is 12.6 Å². The number of ketones is 1. The van der Waals surface area contributed by atoms with Gasteiger partial charge in [-0.2, -0.15) is 0 Å². The highest BCUT2D eigenvalue weighted by molar-refractivity contribution is 6.51. The molecule has 2 aliphatic heterocycles. The van der Waals surface area contributed by atoms with Crippen molar-refractivity contribution in [1.29, 1.82) is 0 Å². The molecule has 0 aliphatic carbocycles. The fraction of sp³-hybridized carbons (Fsp3) is 0.129. The number of rotatable bonds is 6. The summed E-state index contributed by atoms with van der Waals surface area (Å²) < 4.78 is 17.1. The molecule has 0 bridgehead atoms. The van der Waals surface area contributed by atoms with E-state index in [1.807, 2.05) is 30.3 Å². The molecule has 0 radical (unpaired) electrons. The average molecular weight is 521 g/mol. The molecule has 8 heteroatoms. The lowest BCUT2D eigenvalue weighted by Gasteiger charge is -2.25. The number of carbonyl (C=O) groups is 2. The van der Waals surface area contributed by atoms with Crippen LogP contribution in [0.2, 0.25) is 0 Å². The second-order valence-corrected chi connectivity index (χ2v) is 9.08. The van der Waals surface area contributed by atoms with Crippen molar-refractivity contribution < 1.29 is 28.9 Å². The van der Waals surface area contributed by atoms with Crippen LogP contribution in [0.4, 0.5) is 5.69 Å². The van der Waals surface area contributed by atoms with Gasteiger partial charge in [0.2, 0.25) is 0 Å². The van der Waals surface area contributed by atoms with Crippen LogP contribution >= 0.6 is 0 Å². The molecule has 3 heterocycles. The molecular weight excluding hydrogens is 496 g/mol. The van der Waals surface area contributed by atoms with Crippen LogP contribution in [0.25, 0.3) is 5.76 Å². The van der Waals surface area contributed by atoms with Crippen LogP contribution in [0.15, 0.2) is 103 Å². The zero-order chi connectivity index (χ0) is 26.8.